The third-order valence-corrected chi connectivity index (χ3v) is 4.93. The maximum Gasteiger partial charge on any atom is 0.274 e. The van der Waals surface area contributed by atoms with Gasteiger partial charge in [-0.15, -0.1) is 0 Å². The Hall–Kier alpha value is -3.47. The highest BCUT2D eigenvalue weighted by Gasteiger charge is 2.23. The fraction of sp³-hybridized carbons (Fsp3) is 0.500. The number of amides is 2. The maximum atomic E-state index is 12.2. The number of carbonyl (C=O) groups is 2. The van der Waals surface area contributed by atoms with Crippen LogP contribution in [0.2, 0.25) is 0 Å². The molecular weight excluding hydrogens is 424 g/mol. The Morgan fingerprint density at radius 1 is 1.24 bits per heavy atom. The van der Waals surface area contributed by atoms with E-state index >= 15 is 0 Å². The predicted octanol–water partition coefficient (Wildman–Crippen LogP) is 2.00. The normalized spacial score (nSPS) is 15.7. The van der Waals surface area contributed by atoms with Gasteiger partial charge in [0.15, 0.2) is 0 Å². The lowest BCUT2D eigenvalue weighted by Gasteiger charge is -2.27. The number of nitrogens with zero attached hydrogens (tertiary/aromatic N) is 4. The van der Waals surface area contributed by atoms with Crippen LogP contribution in [0.15, 0.2) is 18.2 Å². The lowest BCUT2D eigenvalue weighted by Crippen LogP contribution is -2.31. The SMILES string of the molecule is CONC(=O)c1ccc(C)c(Nc2nc(N[C@H]3CNC(=O)C3)nc(N(C)CC(C)(C)C)n2)c1. The summed E-state index contributed by atoms with van der Waals surface area (Å²) in [7, 11) is 3.31. The molecule has 0 radical (unpaired) electrons. The molecule has 1 aliphatic rings. The van der Waals surface area contributed by atoms with E-state index in [9.17, 15) is 9.59 Å². The molecule has 11 heteroatoms. The van der Waals surface area contributed by atoms with Crippen LogP contribution in [0.1, 0.15) is 43.1 Å². The Kier molecular flexibility index (Phi) is 7.32. The minimum absolute atomic E-state index is 0.00764. The van der Waals surface area contributed by atoms with Gasteiger partial charge in [-0.3, -0.25) is 14.4 Å². The summed E-state index contributed by atoms with van der Waals surface area (Å²) in [5, 5.41) is 9.23. The Labute approximate surface area is 193 Å². The van der Waals surface area contributed by atoms with Gasteiger partial charge in [0.05, 0.1) is 13.2 Å². The Morgan fingerprint density at radius 3 is 2.61 bits per heavy atom. The van der Waals surface area contributed by atoms with Crippen LogP contribution in [0, 0.1) is 12.3 Å². The second kappa shape index (κ2) is 9.99. The standard InChI is InChI=1S/C22H32N8O3/c1-13-7-8-14(18(32)29-33-6)9-16(13)25-20-26-19(24-15-10-17(31)23-11-15)27-21(28-20)30(5)12-22(2,3)4/h7-9,15H,10-12H2,1-6H3,(H,23,31)(H,29,32)(H2,24,25,26,27,28)/t15-/m1/s1. The van der Waals surface area contributed by atoms with E-state index in [0.717, 1.165) is 12.1 Å². The van der Waals surface area contributed by atoms with E-state index in [1.165, 1.54) is 7.11 Å². The van der Waals surface area contributed by atoms with Crippen LogP contribution in [0.4, 0.5) is 23.5 Å². The van der Waals surface area contributed by atoms with Crippen molar-refractivity contribution in [3.8, 4) is 0 Å². The number of nitrogens with one attached hydrogen (secondary N) is 4. The largest absolute Gasteiger partial charge is 0.354 e. The molecule has 11 nitrogen and oxygen atoms in total. The van der Waals surface area contributed by atoms with Crippen molar-refractivity contribution in [1.29, 1.82) is 0 Å². The first-order chi connectivity index (χ1) is 15.5. The molecule has 1 fully saturated rings. The van der Waals surface area contributed by atoms with Gasteiger partial charge in [-0.1, -0.05) is 26.8 Å². The molecule has 0 aliphatic carbocycles. The van der Waals surface area contributed by atoms with Gasteiger partial charge in [0, 0.05) is 37.8 Å². The first-order valence-corrected chi connectivity index (χ1v) is 10.8. The van der Waals surface area contributed by atoms with E-state index in [1.54, 1.807) is 12.1 Å². The van der Waals surface area contributed by atoms with E-state index in [-0.39, 0.29) is 23.3 Å². The summed E-state index contributed by atoms with van der Waals surface area (Å²) in [6.07, 6.45) is 0.359. The zero-order valence-corrected chi connectivity index (χ0v) is 19.9. The number of hydrogen-bond donors (Lipinski definition) is 4. The lowest BCUT2D eigenvalue weighted by atomic mass is 9.96. The molecule has 1 aromatic carbocycles. The number of aromatic nitrogens is 3. The predicted molar refractivity (Wildman–Crippen MR) is 127 cm³/mol. The zero-order valence-electron chi connectivity index (χ0n) is 19.9. The Balaban J connectivity index is 1.92. The van der Waals surface area contributed by atoms with E-state index in [0.29, 0.717) is 42.1 Å². The fourth-order valence-electron chi connectivity index (χ4n) is 3.50. The Bertz CT molecular complexity index is 1020. The highest BCUT2D eigenvalue weighted by atomic mass is 16.6. The maximum absolute atomic E-state index is 12.2. The fourth-order valence-corrected chi connectivity index (χ4v) is 3.50. The van der Waals surface area contributed by atoms with Crippen molar-refractivity contribution in [2.75, 3.05) is 42.8 Å². The van der Waals surface area contributed by atoms with Crippen molar-refractivity contribution < 1.29 is 14.4 Å². The van der Waals surface area contributed by atoms with Crippen LogP contribution in [-0.4, -0.2) is 60.1 Å². The third kappa shape index (κ3) is 6.75. The molecule has 0 saturated carbocycles. The van der Waals surface area contributed by atoms with Gasteiger partial charge in [-0.2, -0.15) is 15.0 Å². The van der Waals surface area contributed by atoms with Crippen LogP contribution in [0.5, 0.6) is 0 Å². The molecule has 1 saturated heterocycles. The Morgan fingerprint density at radius 2 is 1.97 bits per heavy atom. The van der Waals surface area contributed by atoms with Crippen molar-refractivity contribution in [2.45, 2.75) is 40.2 Å². The number of anilines is 4. The van der Waals surface area contributed by atoms with Gasteiger partial charge in [-0.25, -0.2) is 5.48 Å². The molecule has 1 aliphatic heterocycles. The van der Waals surface area contributed by atoms with Crippen molar-refractivity contribution in [3.05, 3.63) is 29.3 Å². The summed E-state index contributed by atoms with van der Waals surface area (Å²) in [6, 6.07) is 5.15. The molecule has 0 bridgehead atoms. The number of hydroxylamine groups is 1. The van der Waals surface area contributed by atoms with Gasteiger partial charge in [0.2, 0.25) is 23.8 Å². The van der Waals surface area contributed by atoms with Crippen molar-refractivity contribution in [1.82, 2.24) is 25.7 Å². The van der Waals surface area contributed by atoms with Crippen LogP contribution >= 0.6 is 0 Å². The van der Waals surface area contributed by atoms with E-state index in [2.05, 4.69) is 57.2 Å². The first-order valence-electron chi connectivity index (χ1n) is 10.8. The molecule has 1 aromatic heterocycles. The number of benzene rings is 1. The van der Waals surface area contributed by atoms with Gasteiger partial charge in [0.1, 0.15) is 0 Å². The summed E-state index contributed by atoms with van der Waals surface area (Å²) in [4.78, 5) is 44.1. The quantitative estimate of drug-likeness (QED) is 0.440. The number of carbonyl (C=O) groups excluding carboxylic acids is 2. The molecule has 0 spiro atoms. The minimum Gasteiger partial charge on any atom is -0.354 e. The van der Waals surface area contributed by atoms with E-state index < -0.39 is 0 Å². The van der Waals surface area contributed by atoms with Crippen molar-refractivity contribution in [3.63, 3.8) is 0 Å². The summed E-state index contributed by atoms with van der Waals surface area (Å²) in [5.74, 6) is 0.825. The summed E-state index contributed by atoms with van der Waals surface area (Å²) in [6.45, 7) is 9.57. The van der Waals surface area contributed by atoms with Crippen molar-refractivity contribution >= 4 is 35.3 Å². The highest BCUT2D eigenvalue weighted by molar-refractivity contribution is 5.94. The molecule has 1 atom stereocenters. The average molecular weight is 457 g/mol. The smallest absolute Gasteiger partial charge is 0.274 e. The molecule has 2 aromatic rings. The van der Waals surface area contributed by atoms with Gasteiger partial charge < -0.3 is 20.9 Å². The number of hydrogen-bond acceptors (Lipinski definition) is 9. The summed E-state index contributed by atoms with van der Waals surface area (Å²) < 4.78 is 0. The molecule has 33 heavy (non-hydrogen) atoms. The third-order valence-electron chi connectivity index (χ3n) is 4.93. The second-order valence-electron chi connectivity index (χ2n) is 9.34. The van der Waals surface area contributed by atoms with Crippen LogP contribution in [-0.2, 0) is 9.63 Å². The molecule has 4 N–H and O–H groups in total. The van der Waals surface area contributed by atoms with Gasteiger partial charge in [0.25, 0.3) is 5.91 Å². The molecule has 2 heterocycles. The van der Waals surface area contributed by atoms with Crippen LogP contribution in [0.3, 0.4) is 0 Å². The van der Waals surface area contributed by atoms with Gasteiger partial charge in [-0.05, 0) is 30.0 Å². The topological polar surface area (TPSA) is 133 Å². The average Bonchev–Trinajstić information content (AvgIpc) is 3.13. The number of rotatable bonds is 8. The zero-order chi connectivity index (χ0) is 24.2. The number of aryl methyl sites for hydroxylation is 1. The van der Waals surface area contributed by atoms with E-state index in [1.807, 2.05) is 24.9 Å². The second-order valence-corrected chi connectivity index (χ2v) is 9.34. The monoisotopic (exact) mass is 456 g/mol. The van der Waals surface area contributed by atoms with Crippen molar-refractivity contribution in [2.24, 2.45) is 5.41 Å². The molecular formula is C22H32N8O3. The molecule has 0 unspecified atom stereocenters. The van der Waals surface area contributed by atoms with E-state index in [4.69, 9.17) is 4.84 Å². The molecule has 178 valence electrons. The van der Waals surface area contributed by atoms with Crippen LogP contribution < -0.4 is 26.3 Å². The van der Waals surface area contributed by atoms with Crippen LogP contribution in [0.25, 0.3) is 0 Å². The van der Waals surface area contributed by atoms with Gasteiger partial charge >= 0.3 is 0 Å². The lowest BCUT2D eigenvalue weighted by molar-refractivity contribution is -0.119. The molecule has 3 rings (SSSR count). The molecule has 2 amide bonds. The summed E-state index contributed by atoms with van der Waals surface area (Å²) in [5.41, 5.74) is 4.36. The highest BCUT2D eigenvalue weighted by Crippen LogP contribution is 2.24. The first kappa shape index (κ1) is 24.2. The minimum atomic E-state index is -0.359. The summed E-state index contributed by atoms with van der Waals surface area (Å²) >= 11 is 0.